The van der Waals surface area contributed by atoms with E-state index in [1.165, 1.54) is 5.56 Å². The summed E-state index contributed by atoms with van der Waals surface area (Å²) in [5.74, 6) is 0.132. The molecule has 33 heavy (non-hydrogen) atoms. The topological polar surface area (TPSA) is 69.7 Å². The van der Waals surface area contributed by atoms with Crippen molar-refractivity contribution >= 4 is 29.1 Å². The van der Waals surface area contributed by atoms with Crippen LogP contribution in [0, 0.1) is 11.8 Å². The number of amides is 3. The molecule has 2 aromatic carbocycles. The van der Waals surface area contributed by atoms with Crippen LogP contribution in [0.5, 0.6) is 0 Å². The molecule has 6 nitrogen and oxygen atoms in total. The van der Waals surface area contributed by atoms with E-state index in [9.17, 15) is 14.4 Å². The van der Waals surface area contributed by atoms with Gasteiger partial charge in [-0.2, -0.15) is 0 Å². The molecule has 6 heteroatoms. The average molecular weight is 448 g/mol. The van der Waals surface area contributed by atoms with E-state index in [0.717, 1.165) is 17.8 Å². The second-order valence-corrected chi connectivity index (χ2v) is 9.26. The summed E-state index contributed by atoms with van der Waals surface area (Å²) < 4.78 is 0. The molecule has 2 saturated heterocycles. The summed E-state index contributed by atoms with van der Waals surface area (Å²) in [6.45, 7) is 5.90. The minimum absolute atomic E-state index is 0.00633. The fourth-order valence-corrected chi connectivity index (χ4v) is 4.73. The zero-order chi connectivity index (χ0) is 23.4. The van der Waals surface area contributed by atoms with Crippen molar-refractivity contribution in [1.82, 2.24) is 4.90 Å². The number of piperidine rings is 1. The number of nitrogens with one attached hydrogen (secondary N) is 1. The quantitative estimate of drug-likeness (QED) is 0.712. The maximum Gasteiger partial charge on any atom is 0.228 e. The Morgan fingerprint density at radius 1 is 1.00 bits per heavy atom. The Morgan fingerprint density at radius 3 is 2.30 bits per heavy atom. The van der Waals surface area contributed by atoms with Gasteiger partial charge in [-0.15, -0.1) is 0 Å². The number of likely N-dealkylation sites (tertiary alicyclic amines) is 1. The van der Waals surface area contributed by atoms with Crippen LogP contribution in [-0.2, 0) is 14.4 Å². The Labute approximate surface area is 196 Å². The van der Waals surface area contributed by atoms with E-state index >= 15 is 0 Å². The van der Waals surface area contributed by atoms with Crippen LogP contribution < -0.4 is 10.2 Å². The monoisotopic (exact) mass is 447 g/mol. The van der Waals surface area contributed by atoms with Gasteiger partial charge in [0.2, 0.25) is 17.7 Å². The zero-order valence-corrected chi connectivity index (χ0v) is 19.5. The van der Waals surface area contributed by atoms with Crippen molar-refractivity contribution in [2.75, 3.05) is 29.9 Å². The third-order valence-electron chi connectivity index (χ3n) is 7.08. The number of benzene rings is 2. The highest BCUT2D eigenvalue weighted by Gasteiger charge is 2.38. The van der Waals surface area contributed by atoms with E-state index < -0.39 is 0 Å². The van der Waals surface area contributed by atoms with Gasteiger partial charge in [-0.3, -0.25) is 14.4 Å². The van der Waals surface area contributed by atoms with Gasteiger partial charge in [0.25, 0.3) is 0 Å². The molecule has 2 aliphatic rings. The average Bonchev–Trinajstić information content (AvgIpc) is 3.25. The highest BCUT2D eigenvalue weighted by Crippen LogP contribution is 2.28. The van der Waals surface area contributed by atoms with Crippen LogP contribution in [0.2, 0.25) is 0 Å². The lowest BCUT2D eigenvalue weighted by molar-refractivity contribution is -0.138. The maximum atomic E-state index is 13.0. The van der Waals surface area contributed by atoms with Gasteiger partial charge in [0.1, 0.15) is 0 Å². The molecule has 2 aliphatic heterocycles. The summed E-state index contributed by atoms with van der Waals surface area (Å²) in [7, 11) is 0. The largest absolute Gasteiger partial charge is 0.342 e. The molecule has 0 radical (unpaired) electrons. The van der Waals surface area contributed by atoms with Crippen molar-refractivity contribution in [2.45, 2.75) is 45.4 Å². The van der Waals surface area contributed by atoms with Crippen molar-refractivity contribution in [1.29, 1.82) is 0 Å². The van der Waals surface area contributed by atoms with Crippen LogP contribution in [-0.4, -0.2) is 42.3 Å². The van der Waals surface area contributed by atoms with E-state index in [1.54, 1.807) is 4.90 Å². The standard InChI is InChI=1S/C27H33N3O3/c1-3-19(2)20-9-11-23(12-10-20)28-26(32)21-13-15-29(16-14-21)27(33)22-17-25(31)30(18-22)24-7-5-4-6-8-24/h4-12,19,21-22H,3,13-18H2,1-2H3,(H,28,32). The Hall–Kier alpha value is -3.15. The molecule has 2 unspecified atom stereocenters. The van der Waals surface area contributed by atoms with Crippen LogP contribution >= 0.6 is 0 Å². The molecule has 2 atom stereocenters. The van der Waals surface area contributed by atoms with Gasteiger partial charge < -0.3 is 15.1 Å². The van der Waals surface area contributed by atoms with E-state index in [2.05, 4.69) is 31.3 Å². The number of anilines is 2. The molecule has 0 spiro atoms. The Balaban J connectivity index is 1.27. The predicted molar refractivity (Wildman–Crippen MR) is 130 cm³/mol. The number of carbonyl (C=O) groups is 3. The Kier molecular flexibility index (Phi) is 7.11. The van der Waals surface area contributed by atoms with Crippen LogP contribution in [0.15, 0.2) is 54.6 Å². The smallest absolute Gasteiger partial charge is 0.228 e. The highest BCUT2D eigenvalue weighted by atomic mass is 16.2. The van der Waals surface area contributed by atoms with Gasteiger partial charge in [0.15, 0.2) is 0 Å². The maximum absolute atomic E-state index is 13.0. The molecular weight excluding hydrogens is 414 g/mol. The van der Waals surface area contributed by atoms with Crippen molar-refractivity contribution in [2.24, 2.45) is 11.8 Å². The van der Waals surface area contributed by atoms with Gasteiger partial charge in [-0.25, -0.2) is 0 Å². The Morgan fingerprint density at radius 2 is 1.67 bits per heavy atom. The van der Waals surface area contributed by atoms with Crippen LogP contribution in [0.1, 0.15) is 51.0 Å². The minimum Gasteiger partial charge on any atom is -0.342 e. The summed E-state index contributed by atoms with van der Waals surface area (Å²) in [5.41, 5.74) is 2.93. The van der Waals surface area contributed by atoms with Crippen LogP contribution in [0.4, 0.5) is 11.4 Å². The van der Waals surface area contributed by atoms with Crippen molar-refractivity contribution in [3.8, 4) is 0 Å². The summed E-state index contributed by atoms with van der Waals surface area (Å²) in [6, 6.07) is 17.6. The lowest BCUT2D eigenvalue weighted by Crippen LogP contribution is -2.44. The first-order valence-corrected chi connectivity index (χ1v) is 12.0. The van der Waals surface area contributed by atoms with E-state index in [4.69, 9.17) is 0 Å². The van der Waals surface area contributed by atoms with E-state index in [-0.39, 0.29) is 36.0 Å². The number of rotatable bonds is 6. The number of para-hydroxylation sites is 1. The molecule has 0 saturated carbocycles. The molecular formula is C27H33N3O3. The van der Waals surface area contributed by atoms with Crippen LogP contribution in [0.25, 0.3) is 0 Å². The summed E-state index contributed by atoms with van der Waals surface area (Å²) >= 11 is 0. The third-order valence-corrected chi connectivity index (χ3v) is 7.08. The molecule has 0 aromatic heterocycles. The molecule has 174 valence electrons. The molecule has 3 amide bonds. The first-order chi connectivity index (χ1) is 16.0. The van der Waals surface area contributed by atoms with Crippen molar-refractivity contribution in [3.05, 3.63) is 60.2 Å². The predicted octanol–water partition coefficient (Wildman–Crippen LogP) is 4.43. The van der Waals surface area contributed by atoms with Gasteiger partial charge in [-0.05, 0) is 55.0 Å². The number of carbonyl (C=O) groups excluding carboxylic acids is 3. The lowest BCUT2D eigenvalue weighted by atomic mass is 9.94. The SMILES string of the molecule is CCC(C)c1ccc(NC(=O)C2CCN(C(=O)C3CC(=O)N(c4ccccc4)C3)CC2)cc1. The summed E-state index contributed by atoms with van der Waals surface area (Å²) in [6.07, 6.45) is 2.63. The molecule has 4 rings (SSSR count). The van der Waals surface area contributed by atoms with Crippen molar-refractivity contribution < 1.29 is 14.4 Å². The van der Waals surface area contributed by atoms with Crippen LogP contribution in [0.3, 0.4) is 0 Å². The zero-order valence-electron chi connectivity index (χ0n) is 19.5. The third kappa shape index (κ3) is 5.27. The Bertz CT molecular complexity index is 981. The van der Waals surface area contributed by atoms with Gasteiger partial charge >= 0.3 is 0 Å². The first-order valence-electron chi connectivity index (χ1n) is 12.0. The minimum atomic E-state index is -0.313. The molecule has 2 aromatic rings. The normalized spacial score (nSPS) is 20.1. The van der Waals surface area contributed by atoms with E-state index in [0.29, 0.717) is 38.4 Å². The number of hydrogen-bond donors (Lipinski definition) is 1. The lowest BCUT2D eigenvalue weighted by Gasteiger charge is -2.33. The second kappa shape index (κ2) is 10.2. The molecule has 0 bridgehead atoms. The number of nitrogens with zero attached hydrogens (tertiary/aromatic N) is 2. The van der Waals surface area contributed by atoms with Crippen molar-refractivity contribution in [3.63, 3.8) is 0 Å². The van der Waals surface area contributed by atoms with Gasteiger partial charge in [-0.1, -0.05) is 44.2 Å². The molecule has 2 fully saturated rings. The molecule has 1 N–H and O–H groups in total. The second-order valence-electron chi connectivity index (χ2n) is 9.26. The first kappa shape index (κ1) is 23.0. The van der Waals surface area contributed by atoms with E-state index in [1.807, 2.05) is 47.4 Å². The van der Waals surface area contributed by atoms with Gasteiger partial charge in [0.05, 0.1) is 5.92 Å². The fraction of sp³-hybridized carbons (Fsp3) is 0.444. The summed E-state index contributed by atoms with van der Waals surface area (Å²) in [4.78, 5) is 41.8. The number of hydrogen-bond acceptors (Lipinski definition) is 3. The van der Waals surface area contributed by atoms with Gasteiger partial charge in [0, 0.05) is 43.3 Å². The molecule has 2 heterocycles. The summed E-state index contributed by atoms with van der Waals surface area (Å²) in [5, 5.41) is 3.03. The highest BCUT2D eigenvalue weighted by molar-refractivity contribution is 6.00. The molecule has 0 aliphatic carbocycles. The fourth-order valence-electron chi connectivity index (χ4n) is 4.73.